The van der Waals surface area contributed by atoms with Gasteiger partial charge in [0.25, 0.3) is 0 Å². The molecule has 0 spiro atoms. The van der Waals surface area contributed by atoms with Crippen LogP contribution in [0.25, 0.3) is 0 Å². The summed E-state index contributed by atoms with van der Waals surface area (Å²) >= 11 is 0. The second-order valence-electron chi connectivity index (χ2n) is 8.98. The molecule has 0 heterocycles. The van der Waals surface area contributed by atoms with Crippen LogP contribution in [0.15, 0.2) is 0 Å². The average Bonchev–Trinajstić information content (AvgIpc) is 2.84. The first kappa shape index (κ1) is 18.1. The lowest BCUT2D eigenvalue weighted by molar-refractivity contribution is -0.157. The van der Waals surface area contributed by atoms with Crippen LogP contribution in [-0.4, -0.2) is 25.3 Å². The second kappa shape index (κ2) is 6.23. The Morgan fingerprint density at radius 3 is 2.58 bits per heavy atom. The molecule has 4 fully saturated rings. The van der Waals surface area contributed by atoms with Crippen molar-refractivity contribution < 1.29 is 14.3 Å². The first-order valence-electron chi connectivity index (χ1n) is 9.55. The molecule has 136 valence electrons. The number of ether oxygens (including phenoxy) is 1. The van der Waals surface area contributed by atoms with Gasteiger partial charge in [0.1, 0.15) is 11.6 Å². The Balaban J connectivity index is 0.00000169. The SMILES string of the molecule is C.COCC12CCC(=O)CC1CC[C@H]1C3CCC(=O)C3(C)CCC12. The number of carbonyl (C=O) groups is 2. The van der Waals surface area contributed by atoms with Crippen molar-refractivity contribution in [3.63, 3.8) is 0 Å². The summed E-state index contributed by atoms with van der Waals surface area (Å²) in [6, 6.07) is 0. The van der Waals surface area contributed by atoms with E-state index in [9.17, 15) is 9.59 Å². The molecular weight excluding hydrogens is 300 g/mol. The van der Waals surface area contributed by atoms with Gasteiger partial charge in [-0.2, -0.15) is 0 Å². The molecule has 0 aromatic rings. The largest absolute Gasteiger partial charge is 0.384 e. The Kier molecular flexibility index (Phi) is 4.70. The first-order valence-corrected chi connectivity index (χ1v) is 9.55. The van der Waals surface area contributed by atoms with Crippen molar-refractivity contribution in [2.45, 2.75) is 72.1 Å². The van der Waals surface area contributed by atoms with E-state index in [1.807, 2.05) is 7.11 Å². The van der Waals surface area contributed by atoms with E-state index in [2.05, 4.69) is 6.92 Å². The Morgan fingerprint density at radius 2 is 1.83 bits per heavy atom. The fourth-order valence-electron chi connectivity index (χ4n) is 7.17. The van der Waals surface area contributed by atoms with Crippen molar-refractivity contribution >= 4 is 11.6 Å². The standard InChI is InChI=1S/C20H30O3.CH4/c1-19-9-8-17-15(16(19)5-6-18(19)22)4-3-13-11-14(21)7-10-20(13,17)12-23-2;/h13,15-17H,3-12H2,1-2H3;1H4/t13?,15-,16?,17?,19?,20?;/m0./s1. The molecule has 0 N–H and O–H groups in total. The summed E-state index contributed by atoms with van der Waals surface area (Å²) in [6.07, 6.45) is 9.03. The lowest BCUT2D eigenvalue weighted by Crippen LogP contribution is -2.56. The minimum absolute atomic E-state index is 0. The van der Waals surface area contributed by atoms with E-state index in [4.69, 9.17) is 4.74 Å². The first-order chi connectivity index (χ1) is 11.0. The van der Waals surface area contributed by atoms with Crippen molar-refractivity contribution in [1.82, 2.24) is 0 Å². The van der Waals surface area contributed by atoms with E-state index in [1.54, 1.807) is 0 Å². The van der Waals surface area contributed by atoms with Gasteiger partial charge in [0.15, 0.2) is 0 Å². The highest BCUT2D eigenvalue weighted by molar-refractivity contribution is 5.87. The zero-order chi connectivity index (χ0) is 16.2. The van der Waals surface area contributed by atoms with E-state index >= 15 is 0 Å². The second-order valence-corrected chi connectivity index (χ2v) is 8.98. The van der Waals surface area contributed by atoms with Crippen LogP contribution >= 0.6 is 0 Å². The summed E-state index contributed by atoms with van der Waals surface area (Å²) < 4.78 is 5.71. The van der Waals surface area contributed by atoms with Gasteiger partial charge >= 0.3 is 0 Å². The maximum atomic E-state index is 12.5. The lowest BCUT2D eigenvalue weighted by Gasteiger charge is -2.60. The molecule has 0 aliphatic heterocycles. The maximum Gasteiger partial charge on any atom is 0.139 e. The number of hydrogen-bond donors (Lipinski definition) is 0. The number of Topliss-reactive ketones (excluding diaryl/α,β-unsaturated/α-hetero) is 2. The minimum atomic E-state index is -0.0489. The summed E-state index contributed by atoms with van der Waals surface area (Å²) in [5.41, 5.74) is 0.158. The van der Waals surface area contributed by atoms with Crippen LogP contribution < -0.4 is 0 Å². The Hall–Kier alpha value is -0.700. The molecule has 4 aliphatic rings. The maximum absolute atomic E-state index is 12.5. The average molecular weight is 335 g/mol. The molecule has 0 saturated heterocycles. The normalized spacial score (nSPS) is 47.4. The zero-order valence-corrected chi connectivity index (χ0v) is 14.6. The highest BCUT2D eigenvalue weighted by Gasteiger charge is 2.61. The number of carbonyl (C=O) groups excluding carboxylic acids is 2. The molecule has 4 rings (SSSR count). The highest BCUT2D eigenvalue weighted by Crippen LogP contribution is 2.65. The third-order valence-corrected chi connectivity index (χ3v) is 8.30. The van der Waals surface area contributed by atoms with Gasteiger partial charge in [-0.05, 0) is 62.2 Å². The highest BCUT2D eigenvalue weighted by atomic mass is 16.5. The molecule has 4 saturated carbocycles. The summed E-state index contributed by atoms with van der Waals surface area (Å²) in [5, 5.41) is 0. The van der Waals surface area contributed by atoms with Crippen LogP contribution in [0.5, 0.6) is 0 Å². The van der Waals surface area contributed by atoms with Gasteiger partial charge in [0.05, 0.1) is 6.61 Å². The molecule has 0 bridgehead atoms. The molecule has 4 aliphatic carbocycles. The molecule has 0 aromatic heterocycles. The quantitative estimate of drug-likeness (QED) is 0.750. The Labute approximate surface area is 146 Å². The fraction of sp³-hybridized carbons (Fsp3) is 0.905. The van der Waals surface area contributed by atoms with E-state index in [0.717, 1.165) is 58.0 Å². The lowest BCUT2D eigenvalue weighted by atomic mass is 9.45. The molecule has 0 aromatic carbocycles. The molecule has 5 unspecified atom stereocenters. The van der Waals surface area contributed by atoms with Crippen molar-refractivity contribution in [2.24, 2.45) is 34.5 Å². The minimum Gasteiger partial charge on any atom is -0.384 e. The van der Waals surface area contributed by atoms with E-state index in [0.29, 0.717) is 35.2 Å². The van der Waals surface area contributed by atoms with Crippen molar-refractivity contribution in [3.05, 3.63) is 0 Å². The predicted molar refractivity (Wildman–Crippen MR) is 94.7 cm³/mol. The molecule has 24 heavy (non-hydrogen) atoms. The third-order valence-electron chi connectivity index (χ3n) is 8.30. The van der Waals surface area contributed by atoms with Crippen LogP contribution in [0.1, 0.15) is 72.1 Å². The van der Waals surface area contributed by atoms with E-state index in [-0.39, 0.29) is 18.3 Å². The number of ketones is 2. The molecule has 3 nitrogen and oxygen atoms in total. The monoisotopic (exact) mass is 334 g/mol. The summed E-state index contributed by atoms with van der Waals surface area (Å²) in [5.74, 6) is 3.42. The fourth-order valence-corrected chi connectivity index (χ4v) is 7.17. The van der Waals surface area contributed by atoms with Crippen molar-refractivity contribution in [2.75, 3.05) is 13.7 Å². The van der Waals surface area contributed by atoms with Crippen molar-refractivity contribution in [3.8, 4) is 0 Å². The van der Waals surface area contributed by atoms with Crippen LogP contribution in [0, 0.1) is 34.5 Å². The van der Waals surface area contributed by atoms with Gasteiger partial charge in [-0.15, -0.1) is 0 Å². The van der Waals surface area contributed by atoms with Crippen LogP contribution in [0.3, 0.4) is 0 Å². The van der Waals surface area contributed by atoms with Gasteiger partial charge in [-0.3, -0.25) is 9.59 Å². The predicted octanol–water partition coefficient (Wildman–Crippen LogP) is 4.43. The number of rotatable bonds is 2. The van der Waals surface area contributed by atoms with E-state index < -0.39 is 0 Å². The molecule has 3 heteroatoms. The van der Waals surface area contributed by atoms with E-state index in [1.165, 1.54) is 6.42 Å². The van der Waals surface area contributed by atoms with Crippen LogP contribution in [0.4, 0.5) is 0 Å². The van der Waals surface area contributed by atoms with Crippen LogP contribution in [-0.2, 0) is 14.3 Å². The Bertz CT molecular complexity index is 527. The van der Waals surface area contributed by atoms with Crippen LogP contribution in [0.2, 0.25) is 0 Å². The molecular formula is C21H34O3. The van der Waals surface area contributed by atoms with Gasteiger partial charge in [-0.25, -0.2) is 0 Å². The number of methoxy groups -OCH3 is 1. The number of hydrogen-bond acceptors (Lipinski definition) is 3. The molecule has 0 radical (unpaired) electrons. The third kappa shape index (κ3) is 2.34. The Morgan fingerprint density at radius 1 is 1.04 bits per heavy atom. The van der Waals surface area contributed by atoms with Gasteiger partial charge in [-0.1, -0.05) is 14.4 Å². The van der Waals surface area contributed by atoms with Gasteiger partial charge in [0.2, 0.25) is 0 Å². The van der Waals surface area contributed by atoms with Gasteiger partial charge in [0, 0.05) is 37.2 Å². The topological polar surface area (TPSA) is 43.4 Å². The molecule has 6 atom stereocenters. The zero-order valence-electron chi connectivity index (χ0n) is 14.6. The summed E-state index contributed by atoms with van der Waals surface area (Å²) in [6.45, 7) is 3.05. The summed E-state index contributed by atoms with van der Waals surface area (Å²) in [4.78, 5) is 24.5. The number of fused-ring (bicyclic) bond motifs is 5. The van der Waals surface area contributed by atoms with Crippen molar-refractivity contribution in [1.29, 1.82) is 0 Å². The summed E-state index contributed by atoms with van der Waals surface area (Å²) in [7, 11) is 1.82. The smallest absolute Gasteiger partial charge is 0.139 e. The van der Waals surface area contributed by atoms with Gasteiger partial charge < -0.3 is 4.74 Å². The molecule has 0 amide bonds.